The Labute approximate surface area is 139 Å². The van der Waals surface area contributed by atoms with Crippen LogP contribution in [0.5, 0.6) is 0 Å². The highest BCUT2D eigenvalue weighted by atomic mass is 16.4. The summed E-state index contributed by atoms with van der Waals surface area (Å²) in [6.45, 7) is 8.55. The molecule has 1 spiro atoms. The van der Waals surface area contributed by atoms with Crippen LogP contribution in [0.1, 0.15) is 71.6 Å². The number of hydrogen-bond donors (Lipinski definition) is 2. The number of carboxylic acids is 1. The molecule has 2 N–H and O–H groups in total. The van der Waals surface area contributed by atoms with Gasteiger partial charge in [-0.25, -0.2) is 0 Å². The number of carbonyl (C=O) groups is 1. The van der Waals surface area contributed by atoms with Crippen LogP contribution < -0.4 is 0 Å². The van der Waals surface area contributed by atoms with Crippen molar-refractivity contribution in [1.82, 2.24) is 0 Å². The predicted molar refractivity (Wildman–Crippen MR) is 88.9 cm³/mol. The Morgan fingerprint density at radius 2 is 1.83 bits per heavy atom. The molecule has 0 amide bonds. The molecule has 3 heteroatoms. The van der Waals surface area contributed by atoms with Crippen LogP contribution in [-0.4, -0.2) is 21.8 Å². The Balaban J connectivity index is 1.76. The largest absolute Gasteiger partial charge is 0.481 e. The van der Waals surface area contributed by atoms with Gasteiger partial charge in [-0.15, -0.1) is 0 Å². The van der Waals surface area contributed by atoms with Crippen LogP contribution in [0.3, 0.4) is 0 Å². The van der Waals surface area contributed by atoms with Gasteiger partial charge >= 0.3 is 5.97 Å². The summed E-state index contributed by atoms with van der Waals surface area (Å²) in [6.07, 6.45) is 8.75. The molecule has 0 heterocycles. The van der Waals surface area contributed by atoms with Crippen molar-refractivity contribution in [2.45, 2.75) is 77.2 Å². The highest BCUT2D eigenvalue weighted by Gasteiger charge is 2.67. The van der Waals surface area contributed by atoms with Crippen LogP contribution in [0.15, 0.2) is 12.2 Å². The first kappa shape index (κ1) is 15.7. The molecule has 0 aromatic heterocycles. The van der Waals surface area contributed by atoms with E-state index in [1.165, 1.54) is 0 Å². The zero-order chi connectivity index (χ0) is 16.7. The summed E-state index contributed by atoms with van der Waals surface area (Å²) >= 11 is 0. The van der Waals surface area contributed by atoms with Gasteiger partial charge in [0.05, 0.1) is 11.0 Å². The first-order valence-electron chi connectivity index (χ1n) is 9.30. The Kier molecular flexibility index (Phi) is 3.01. The van der Waals surface area contributed by atoms with E-state index in [0.717, 1.165) is 63.4 Å². The maximum atomic E-state index is 12.0. The molecule has 2 bridgehead atoms. The first-order valence-corrected chi connectivity index (χ1v) is 9.30. The van der Waals surface area contributed by atoms with Crippen molar-refractivity contribution in [1.29, 1.82) is 0 Å². The minimum atomic E-state index is -0.634. The van der Waals surface area contributed by atoms with Gasteiger partial charge in [0.1, 0.15) is 0 Å². The van der Waals surface area contributed by atoms with Crippen LogP contribution in [0.4, 0.5) is 0 Å². The fourth-order valence-corrected chi connectivity index (χ4v) is 7.61. The highest BCUT2D eigenvalue weighted by molar-refractivity contribution is 5.75. The standard InChI is InChI=1S/C20H30O3/c1-13-11-19-9-5-14-17(2,7-4-8-18(14,3)16(21)22)15(19)6-10-20(13,23)12-19/h14-15,23H,1,4-12H2,2-3H3,(H,21,22)/t14-,15+,17+,18+,19+,20-/m0/s1. The Hall–Kier alpha value is -0.830. The Morgan fingerprint density at radius 3 is 2.52 bits per heavy atom. The number of rotatable bonds is 1. The molecule has 4 rings (SSSR count). The van der Waals surface area contributed by atoms with Crippen LogP contribution in [0.2, 0.25) is 0 Å². The van der Waals surface area contributed by atoms with Gasteiger partial charge in [0.2, 0.25) is 0 Å². The summed E-state index contributed by atoms with van der Waals surface area (Å²) in [5.74, 6) is 0.219. The summed E-state index contributed by atoms with van der Waals surface area (Å²) in [6, 6.07) is 0. The molecule has 0 aliphatic heterocycles. The quantitative estimate of drug-likeness (QED) is 0.714. The van der Waals surface area contributed by atoms with Crippen molar-refractivity contribution in [2.24, 2.45) is 28.1 Å². The van der Waals surface area contributed by atoms with Crippen molar-refractivity contribution in [3.05, 3.63) is 12.2 Å². The summed E-state index contributed by atoms with van der Waals surface area (Å²) in [4.78, 5) is 12.0. The summed E-state index contributed by atoms with van der Waals surface area (Å²) in [5, 5.41) is 20.8. The van der Waals surface area contributed by atoms with E-state index in [0.29, 0.717) is 5.92 Å². The SMILES string of the molecule is C=C1C[C@@]23CC[C@H]4[C@@](C)(CCC[C@@]4(C)C(=O)O)[C@H]2CC[C@]1(O)C3. The summed E-state index contributed by atoms with van der Waals surface area (Å²) < 4.78 is 0. The molecule has 3 nitrogen and oxygen atoms in total. The fourth-order valence-electron chi connectivity index (χ4n) is 7.61. The van der Waals surface area contributed by atoms with Crippen molar-refractivity contribution in [3.63, 3.8) is 0 Å². The minimum Gasteiger partial charge on any atom is -0.481 e. The molecular formula is C20H30O3. The number of aliphatic hydroxyl groups is 1. The van der Waals surface area contributed by atoms with Gasteiger partial charge in [-0.1, -0.05) is 19.9 Å². The van der Waals surface area contributed by atoms with Gasteiger partial charge in [0, 0.05) is 0 Å². The molecule has 6 atom stereocenters. The average molecular weight is 318 g/mol. The van der Waals surface area contributed by atoms with Gasteiger partial charge < -0.3 is 10.2 Å². The average Bonchev–Trinajstić information content (AvgIpc) is 2.63. The van der Waals surface area contributed by atoms with Crippen LogP contribution in [0, 0.1) is 28.1 Å². The van der Waals surface area contributed by atoms with E-state index in [-0.39, 0.29) is 16.7 Å². The lowest BCUT2D eigenvalue weighted by atomic mass is 9.41. The van der Waals surface area contributed by atoms with E-state index in [1.807, 2.05) is 6.92 Å². The highest BCUT2D eigenvalue weighted by Crippen LogP contribution is 2.72. The second-order valence-electron chi connectivity index (χ2n) is 9.62. The Bertz CT molecular complexity index is 583. The molecule has 4 fully saturated rings. The van der Waals surface area contributed by atoms with E-state index in [9.17, 15) is 15.0 Å². The monoisotopic (exact) mass is 318 g/mol. The van der Waals surface area contributed by atoms with Crippen molar-refractivity contribution in [2.75, 3.05) is 0 Å². The van der Waals surface area contributed by atoms with Crippen molar-refractivity contribution < 1.29 is 15.0 Å². The number of fused-ring (bicyclic) bond motifs is 3. The first-order chi connectivity index (χ1) is 10.7. The lowest BCUT2D eigenvalue weighted by molar-refractivity contribution is -0.186. The lowest BCUT2D eigenvalue weighted by Crippen LogP contribution is -2.59. The second kappa shape index (κ2) is 4.41. The topological polar surface area (TPSA) is 57.5 Å². The van der Waals surface area contributed by atoms with Gasteiger partial charge in [-0.05, 0) is 86.5 Å². The molecule has 0 unspecified atom stereocenters. The minimum absolute atomic E-state index is 0.107. The third kappa shape index (κ3) is 1.78. The third-order valence-electron chi connectivity index (χ3n) is 8.65. The third-order valence-corrected chi connectivity index (χ3v) is 8.65. The molecule has 0 radical (unpaired) electrons. The van der Waals surface area contributed by atoms with Gasteiger partial charge in [0.25, 0.3) is 0 Å². The number of aliphatic carboxylic acids is 1. The van der Waals surface area contributed by atoms with E-state index in [1.54, 1.807) is 0 Å². The molecule has 0 saturated heterocycles. The zero-order valence-corrected chi connectivity index (χ0v) is 14.5. The number of hydrogen-bond acceptors (Lipinski definition) is 2. The van der Waals surface area contributed by atoms with Gasteiger partial charge in [-0.2, -0.15) is 0 Å². The van der Waals surface area contributed by atoms with Crippen LogP contribution >= 0.6 is 0 Å². The molecule has 4 aliphatic rings. The molecule has 0 aromatic carbocycles. The van der Waals surface area contributed by atoms with Crippen molar-refractivity contribution >= 4 is 5.97 Å². The molecule has 0 aromatic rings. The summed E-state index contributed by atoms with van der Waals surface area (Å²) in [5.41, 5.74) is 0.128. The fraction of sp³-hybridized carbons (Fsp3) is 0.850. The maximum Gasteiger partial charge on any atom is 0.309 e. The predicted octanol–water partition coefficient (Wildman–Crippen LogP) is 4.16. The molecular weight excluding hydrogens is 288 g/mol. The normalized spacial score (nSPS) is 55.2. The van der Waals surface area contributed by atoms with Crippen LogP contribution in [0.25, 0.3) is 0 Å². The van der Waals surface area contributed by atoms with Gasteiger partial charge in [-0.3, -0.25) is 4.79 Å². The van der Waals surface area contributed by atoms with Crippen molar-refractivity contribution in [3.8, 4) is 0 Å². The zero-order valence-electron chi connectivity index (χ0n) is 14.5. The van der Waals surface area contributed by atoms with E-state index < -0.39 is 17.0 Å². The van der Waals surface area contributed by atoms with Gasteiger partial charge in [0.15, 0.2) is 0 Å². The molecule has 4 aliphatic carbocycles. The molecule has 4 saturated carbocycles. The second-order valence-corrected chi connectivity index (χ2v) is 9.62. The van der Waals surface area contributed by atoms with Crippen LogP contribution in [-0.2, 0) is 4.79 Å². The van der Waals surface area contributed by atoms with E-state index in [4.69, 9.17) is 0 Å². The summed E-state index contributed by atoms with van der Waals surface area (Å²) in [7, 11) is 0. The number of carboxylic acid groups (broad SMARTS) is 1. The Morgan fingerprint density at radius 1 is 1.13 bits per heavy atom. The molecule has 23 heavy (non-hydrogen) atoms. The lowest BCUT2D eigenvalue weighted by Gasteiger charge is -2.63. The molecule has 128 valence electrons. The van der Waals surface area contributed by atoms with E-state index in [2.05, 4.69) is 13.5 Å². The smallest absolute Gasteiger partial charge is 0.309 e. The maximum absolute atomic E-state index is 12.0. The van der Waals surface area contributed by atoms with E-state index >= 15 is 0 Å².